The number of methoxy groups -OCH3 is 1. The van der Waals surface area contributed by atoms with Gasteiger partial charge in [-0.25, -0.2) is 8.42 Å². The van der Waals surface area contributed by atoms with Gasteiger partial charge in [0.05, 0.1) is 24.7 Å². The van der Waals surface area contributed by atoms with Crippen molar-refractivity contribution in [1.29, 1.82) is 0 Å². The van der Waals surface area contributed by atoms with Crippen molar-refractivity contribution in [2.45, 2.75) is 13.0 Å². The number of nitrogens with one attached hydrogen (secondary N) is 1. The monoisotopic (exact) mass is 378 g/mol. The molecule has 7 nitrogen and oxygen atoms in total. The van der Waals surface area contributed by atoms with Gasteiger partial charge < -0.3 is 14.8 Å². The van der Waals surface area contributed by atoms with Crippen molar-refractivity contribution in [1.82, 2.24) is 0 Å². The molecule has 0 heterocycles. The second kappa shape index (κ2) is 8.09. The van der Waals surface area contributed by atoms with Crippen molar-refractivity contribution in [3.05, 3.63) is 48.5 Å². The smallest absolute Gasteiger partial charge is 0.265 e. The first-order valence-corrected chi connectivity index (χ1v) is 9.71. The van der Waals surface area contributed by atoms with E-state index in [0.29, 0.717) is 22.9 Å². The topological polar surface area (TPSA) is 84.9 Å². The van der Waals surface area contributed by atoms with E-state index >= 15 is 0 Å². The third-order valence-electron chi connectivity index (χ3n) is 3.74. The van der Waals surface area contributed by atoms with Crippen LogP contribution < -0.4 is 19.1 Å². The highest BCUT2D eigenvalue weighted by Crippen LogP contribution is 2.24. The Balaban J connectivity index is 2.03. The van der Waals surface area contributed by atoms with Gasteiger partial charge in [-0.2, -0.15) is 0 Å². The first-order valence-electron chi connectivity index (χ1n) is 7.87. The summed E-state index contributed by atoms with van der Waals surface area (Å²) in [5.41, 5.74) is 1.06. The van der Waals surface area contributed by atoms with Crippen LogP contribution in [0.1, 0.15) is 6.92 Å². The number of hydrogen-bond acceptors (Lipinski definition) is 5. The maximum Gasteiger partial charge on any atom is 0.265 e. The quantitative estimate of drug-likeness (QED) is 0.800. The highest BCUT2D eigenvalue weighted by molar-refractivity contribution is 7.92. The van der Waals surface area contributed by atoms with E-state index in [-0.39, 0.29) is 5.91 Å². The predicted octanol–water partition coefficient (Wildman–Crippen LogP) is 2.50. The van der Waals surface area contributed by atoms with E-state index in [1.54, 1.807) is 49.4 Å². The number of ether oxygens (including phenoxy) is 2. The van der Waals surface area contributed by atoms with Crippen LogP contribution >= 0.6 is 0 Å². The Morgan fingerprint density at radius 2 is 1.73 bits per heavy atom. The van der Waals surface area contributed by atoms with E-state index in [2.05, 4.69) is 5.32 Å². The van der Waals surface area contributed by atoms with Crippen LogP contribution in [0.3, 0.4) is 0 Å². The summed E-state index contributed by atoms with van der Waals surface area (Å²) in [6, 6.07) is 13.5. The molecule has 26 heavy (non-hydrogen) atoms. The third kappa shape index (κ3) is 4.89. The van der Waals surface area contributed by atoms with Crippen LogP contribution in [0.25, 0.3) is 0 Å². The summed E-state index contributed by atoms with van der Waals surface area (Å²) in [6.07, 6.45) is 0.375. The lowest BCUT2D eigenvalue weighted by atomic mass is 10.2. The molecule has 1 atom stereocenters. The maximum atomic E-state index is 12.3. The lowest BCUT2D eigenvalue weighted by molar-refractivity contribution is -0.122. The van der Waals surface area contributed by atoms with Crippen LogP contribution in [0.5, 0.6) is 11.5 Å². The van der Waals surface area contributed by atoms with Crippen LogP contribution in [0.2, 0.25) is 0 Å². The Morgan fingerprint density at radius 3 is 2.31 bits per heavy atom. The van der Waals surface area contributed by atoms with Crippen molar-refractivity contribution in [2.24, 2.45) is 0 Å². The number of carbonyl (C=O) groups is 1. The summed E-state index contributed by atoms with van der Waals surface area (Å²) >= 11 is 0. The molecule has 0 unspecified atom stereocenters. The average Bonchev–Trinajstić information content (AvgIpc) is 2.61. The minimum Gasteiger partial charge on any atom is -0.495 e. The van der Waals surface area contributed by atoms with Gasteiger partial charge in [0.2, 0.25) is 10.0 Å². The van der Waals surface area contributed by atoms with Crippen molar-refractivity contribution in [3.63, 3.8) is 0 Å². The molecule has 0 radical (unpaired) electrons. The Kier molecular flexibility index (Phi) is 6.10. The summed E-state index contributed by atoms with van der Waals surface area (Å²) in [4.78, 5) is 12.3. The molecule has 2 aromatic carbocycles. The third-order valence-corrected chi connectivity index (χ3v) is 4.95. The Morgan fingerprint density at radius 1 is 1.12 bits per heavy atom. The molecule has 0 aromatic heterocycles. The van der Waals surface area contributed by atoms with Gasteiger partial charge >= 0.3 is 0 Å². The van der Waals surface area contributed by atoms with Gasteiger partial charge in [0, 0.05) is 7.05 Å². The van der Waals surface area contributed by atoms with Crippen LogP contribution in [0, 0.1) is 0 Å². The second-order valence-electron chi connectivity index (χ2n) is 5.67. The molecule has 0 aliphatic heterocycles. The number of sulfonamides is 1. The number of anilines is 2. The van der Waals surface area contributed by atoms with Crippen LogP contribution in [-0.2, 0) is 14.8 Å². The number of rotatable bonds is 7. The lowest BCUT2D eigenvalue weighted by Gasteiger charge is -2.18. The largest absolute Gasteiger partial charge is 0.495 e. The van der Waals surface area contributed by atoms with Gasteiger partial charge in [0.25, 0.3) is 5.91 Å². The SMILES string of the molecule is COc1ccccc1NC(=O)[C@H](C)Oc1ccc(N(C)S(C)(=O)=O)cc1. The van der Waals surface area contributed by atoms with Crippen LogP contribution in [0.4, 0.5) is 11.4 Å². The summed E-state index contributed by atoms with van der Waals surface area (Å²) in [7, 11) is -0.335. The number of para-hydroxylation sites is 2. The molecule has 0 saturated heterocycles. The summed E-state index contributed by atoms with van der Waals surface area (Å²) in [5.74, 6) is 0.686. The number of benzene rings is 2. The Labute approximate surface area is 153 Å². The minimum absolute atomic E-state index is 0.327. The van der Waals surface area contributed by atoms with E-state index in [1.165, 1.54) is 14.2 Å². The fourth-order valence-electron chi connectivity index (χ4n) is 2.17. The van der Waals surface area contributed by atoms with Crippen molar-refractivity contribution in [3.8, 4) is 11.5 Å². The fraction of sp³-hybridized carbons (Fsp3) is 0.278. The molecule has 0 fully saturated rings. The standard InChI is InChI=1S/C18H22N2O5S/c1-13(18(21)19-16-7-5-6-8-17(16)24-3)25-15-11-9-14(10-12-15)20(2)26(4,22)23/h5-13H,1-4H3,(H,19,21)/t13-/m0/s1. The predicted molar refractivity (Wildman–Crippen MR) is 101 cm³/mol. The van der Waals surface area contributed by atoms with E-state index < -0.39 is 16.1 Å². The number of nitrogens with zero attached hydrogens (tertiary/aromatic N) is 1. The lowest BCUT2D eigenvalue weighted by Crippen LogP contribution is -2.30. The zero-order chi connectivity index (χ0) is 19.3. The Bertz CT molecular complexity index is 865. The first kappa shape index (κ1) is 19.6. The highest BCUT2D eigenvalue weighted by Gasteiger charge is 2.17. The van der Waals surface area contributed by atoms with Crippen LogP contribution in [0.15, 0.2) is 48.5 Å². The number of amides is 1. The average molecular weight is 378 g/mol. The fourth-order valence-corrected chi connectivity index (χ4v) is 2.67. The molecule has 0 aliphatic rings. The maximum absolute atomic E-state index is 12.3. The first-order chi connectivity index (χ1) is 12.2. The molecule has 2 rings (SSSR count). The molecular weight excluding hydrogens is 356 g/mol. The Hall–Kier alpha value is -2.74. The van der Waals surface area contributed by atoms with Gasteiger partial charge in [-0.15, -0.1) is 0 Å². The van der Waals surface area contributed by atoms with Gasteiger partial charge in [-0.05, 0) is 43.3 Å². The number of hydrogen-bond donors (Lipinski definition) is 1. The highest BCUT2D eigenvalue weighted by atomic mass is 32.2. The van der Waals surface area contributed by atoms with Crippen molar-refractivity contribution >= 4 is 27.3 Å². The summed E-state index contributed by atoms with van der Waals surface area (Å²) < 4.78 is 35.1. The summed E-state index contributed by atoms with van der Waals surface area (Å²) in [6.45, 7) is 1.63. The molecule has 1 N–H and O–H groups in total. The van der Waals surface area contributed by atoms with E-state index in [9.17, 15) is 13.2 Å². The molecule has 0 aliphatic carbocycles. The van der Waals surface area contributed by atoms with Crippen molar-refractivity contribution in [2.75, 3.05) is 30.0 Å². The molecule has 0 bridgehead atoms. The van der Waals surface area contributed by atoms with E-state index in [0.717, 1.165) is 10.6 Å². The van der Waals surface area contributed by atoms with E-state index in [1.807, 2.05) is 6.07 Å². The zero-order valence-electron chi connectivity index (χ0n) is 15.1. The van der Waals surface area contributed by atoms with Gasteiger partial charge in [0.1, 0.15) is 11.5 Å². The minimum atomic E-state index is -3.33. The normalized spacial score (nSPS) is 12.2. The molecule has 8 heteroatoms. The molecule has 0 saturated carbocycles. The molecule has 140 valence electrons. The molecule has 1 amide bonds. The molecule has 2 aromatic rings. The number of carbonyl (C=O) groups excluding carboxylic acids is 1. The van der Waals surface area contributed by atoms with Gasteiger partial charge in [-0.3, -0.25) is 9.10 Å². The second-order valence-corrected chi connectivity index (χ2v) is 7.69. The zero-order valence-corrected chi connectivity index (χ0v) is 15.9. The van der Waals surface area contributed by atoms with E-state index in [4.69, 9.17) is 9.47 Å². The molecule has 0 spiro atoms. The van der Waals surface area contributed by atoms with Gasteiger partial charge in [0.15, 0.2) is 6.10 Å². The van der Waals surface area contributed by atoms with Gasteiger partial charge in [-0.1, -0.05) is 12.1 Å². The molecular formula is C18H22N2O5S. The van der Waals surface area contributed by atoms with Crippen molar-refractivity contribution < 1.29 is 22.7 Å². The van der Waals surface area contributed by atoms with Crippen LogP contribution in [-0.4, -0.2) is 40.8 Å². The summed E-state index contributed by atoms with van der Waals surface area (Å²) in [5, 5.41) is 2.75.